The Labute approximate surface area is 233 Å². The van der Waals surface area contributed by atoms with E-state index in [9.17, 15) is 0 Å². The van der Waals surface area contributed by atoms with E-state index < -0.39 is 0 Å². The maximum absolute atomic E-state index is 2.40. The largest absolute Gasteiger partial charge is 0.0622 e. The summed E-state index contributed by atoms with van der Waals surface area (Å²) >= 11 is 0. The fourth-order valence-electron chi connectivity index (χ4n) is 6.40. The molecule has 0 N–H and O–H groups in total. The molecule has 0 unspecified atom stereocenters. The van der Waals surface area contributed by atoms with Crippen LogP contribution < -0.4 is 0 Å². The summed E-state index contributed by atoms with van der Waals surface area (Å²) in [6, 6.07) is 57.6. The van der Waals surface area contributed by atoms with Crippen molar-refractivity contribution in [2.45, 2.75) is 0 Å². The van der Waals surface area contributed by atoms with Crippen LogP contribution in [-0.4, -0.2) is 0 Å². The van der Waals surface area contributed by atoms with Crippen LogP contribution in [0.15, 0.2) is 158 Å². The summed E-state index contributed by atoms with van der Waals surface area (Å²) < 4.78 is 0. The molecule has 0 radical (unpaired) electrons. The van der Waals surface area contributed by atoms with Crippen molar-refractivity contribution >= 4 is 43.1 Å². The molecule has 0 saturated heterocycles. The standard InChI is InChI=1S/C40H26/c1-2-12-29(13-3-1)34-19-9-17-31-26-38-36(35-20-8-16-28-14-6-7-18-33(28)35)21-10-22-37(38)40(39(31)34)32-24-23-27-11-4-5-15-30(27)25-32/h1-26H. The summed E-state index contributed by atoms with van der Waals surface area (Å²) in [6.07, 6.45) is 0. The predicted molar refractivity (Wildman–Crippen MR) is 173 cm³/mol. The first-order valence-corrected chi connectivity index (χ1v) is 13.9. The first-order chi connectivity index (χ1) is 19.8. The molecule has 0 atom stereocenters. The van der Waals surface area contributed by atoms with Gasteiger partial charge < -0.3 is 0 Å². The Kier molecular flexibility index (Phi) is 5.24. The van der Waals surface area contributed by atoms with Gasteiger partial charge in [0.05, 0.1) is 0 Å². The zero-order valence-electron chi connectivity index (χ0n) is 22.0. The van der Waals surface area contributed by atoms with E-state index >= 15 is 0 Å². The van der Waals surface area contributed by atoms with Crippen LogP contribution in [0, 0.1) is 0 Å². The summed E-state index contributed by atoms with van der Waals surface area (Å²) in [5.74, 6) is 0. The normalized spacial score (nSPS) is 11.5. The van der Waals surface area contributed by atoms with Crippen LogP contribution in [0.5, 0.6) is 0 Å². The molecule has 0 aromatic heterocycles. The summed E-state index contributed by atoms with van der Waals surface area (Å²) in [5, 5.41) is 10.2. The highest BCUT2D eigenvalue weighted by Gasteiger charge is 2.17. The third-order valence-electron chi connectivity index (χ3n) is 8.22. The SMILES string of the molecule is c1ccc(-c2cccc3cc4c(-c5cccc6ccccc56)cccc4c(-c4ccc5ccccc5c4)c23)cc1. The maximum atomic E-state index is 2.40. The van der Waals surface area contributed by atoms with Gasteiger partial charge in [0, 0.05) is 0 Å². The van der Waals surface area contributed by atoms with Gasteiger partial charge in [-0.2, -0.15) is 0 Å². The predicted octanol–water partition coefficient (Wildman–Crippen LogP) is 11.3. The molecule has 0 aliphatic rings. The minimum absolute atomic E-state index is 1.24. The van der Waals surface area contributed by atoms with E-state index in [0.29, 0.717) is 0 Å². The summed E-state index contributed by atoms with van der Waals surface area (Å²) in [4.78, 5) is 0. The molecule has 0 aliphatic carbocycles. The number of hydrogen-bond acceptors (Lipinski definition) is 0. The molecule has 0 fully saturated rings. The van der Waals surface area contributed by atoms with Crippen molar-refractivity contribution < 1.29 is 0 Å². The highest BCUT2D eigenvalue weighted by Crippen LogP contribution is 2.45. The molecular weight excluding hydrogens is 480 g/mol. The molecule has 0 amide bonds. The summed E-state index contributed by atoms with van der Waals surface area (Å²) in [7, 11) is 0. The van der Waals surface area contributed by atoms with E-state index in [4.69, 9.17) is 0 Å². The number of rotatable bonds is 3. The molecule has 0 saturated carbocycles. The molecule has 0 aliphatic heterocycles. The molecule has 8 aromatic rings. The number of fused-ring (bicyclic) bond motifs is 4. The lowest BCUT2D eigenvalue weighted by molar-refractivity contribution is 1.64. The van der Waals surface area contributed by atoms with Crippen molar-refractivity contribution in [1.29, 1.82) is 0 Å². The van der Waals surface area contributed by atoms with Crippen LogP contribution >= 0.6 is 0 Å². The van der Waals surface area contributed by atoms with Crippen LogP contribution in [0.2, 0.25) is 0 Å². The molecule has 0 heterocycles. The van der Waals surface area contributed by atoms with Gasteiger partial charge >= 0.3 is 0 Å². The van der Waals surface area contributed by atoms with Crippen molar-refractivity contribution in [3.8, 4) is 33.4 Å². The minimum atomic E-state index is 1.24. The molecule has 8 aromatic carbocycles. The molecule has 186 valence electrons. The Morgan fingerprint density at radius 1 is 0.275 bits per heavy atom. The fraction of sp³-hybridized carbons (Fsp3) is 0. The average Bonchev–Trinajstić information content (AvgIpc) is 3.03. The quantitative estimate of drug-likeness (QED) is 0.209. The first-order valence-electron chi connectivity index (χ1n) is 13.9. The molecule has 0 bridgehead atoms. The third kappa shape index (κ3) is 3.61. The Morgan fingerprint density at radius 2 is 0.875 bits per heavy atom. The van der Waals surface area contributed by atoms with Crippen LogP contribution in [0.4, 0.5) is 0 Å². The molecule has 40 heavy (non-hydrogen) atoms. The van der Waals surface area contributed by atoms with E-state index in [-0.39, 0.29) is 0 Å². The van der Waals surface area contributed by atoms with Gasteiger partial charge in [0.15, 0.2) is 0 Å². The number of benzene rings is 8. The van der Waals surface area contributed by atoms with Gasteiger partial charge in [-0.1, -0.05) is 146 Å². The average molecular weight is 507 g/mol. The van der Waals surface area contributed by atoms with E-state index in [2.05, 4.69) is 158 Å². The molecule has 0 heteroatoms. The lowest BCUT2D eigenvalue weighted by atomic mass is 9.84. The zero-order valence-corrected chi connectivity index (χ0v) is 22.0. The van der Waals surface area contributed by atoms with Gasteiger partial charge in [0.25, 0.3) is 0 Å². The van der Waals surface area contributed by atoms with E-state index in [1.54, 1.807) is 0 Å². The first kappa shape index (κ1) is 22.8. The van der Waals surface area contributed by atoms with Gasteiger partial charge in [-0.3, -0.25) is 0 Å². The molecular formula is C40H26. The topological polar surface area (TPSA) is 0 Å². The molecule has 0 spiro atoms. The van der Waals surface area contributed by atoms with Gasteiger partial charge in [0.1, 0.15) is 0 Å². The van der Waals surface area contributed by atoms with E-state index in [1.807, 2.05) is 0 Å². The molecule has 0 nitrogen and oxygen atoms in total. The number of hydrogen-bond donors (Lipinski definition) is 0. The zero-order chi connectivity index (χ0) is 26.5. The van der Waals surface area contributed by atoms with Crippen molar-refractivity contribution in [2.24, 2.45) is 0 Å². The minimum Gasteiger partial charge on any atom is -0.0622 e. The second-order valence-electron chi connectivity index (χ2n) is 10.5. The third-order valence-corrected chi connectivity index (χ3v) is 8.22. The van der Waals surface area contributed by atoms with E-state index in [0.717, 1.165) is 0 Å². The maximum Gasteiger partial charge on any atom is -0.00201 e. The Balaban J connectivity index is 1.53. The second-order valence-corrected chi connectivity index (χ2v) is 10.5. The van der Waals surface area contributed by atoms with Gasteiger partial charge in [-0.15, -0.1) is 0 Å². The lowest BCUT2D eigenvalue weighted by Gasteiger charge is -2.19. The van der Waals surface area contributed by atoms with Crippen LogP contribution in [0.3, 0.4) is 0 Å². The Bertz CT molecular complexity index is 2200. The smallest absolute Gasteiger partial charge is 0.00201 e. The Morgan fingerprint density at radius 3 is 1.73 bits per heavy atom. The van der Waals surface area contributed by atoms with Crippen molar-refractivity contribution in [3.63, 3.8) is 0 Å². The molecule has 8 rings (SSSR count). The van der Waals surface area contributed by atoms with Crippen LogP contribution in [-0.2, 0) is 0 Å². The fourth-order valence-corrected chi connectivity index (χ4v) is 6.40. The highest BCUT2D eigenvalue weighted by atomic mass is 14.2. The van der Waals surface area contributed by atoms with Crippen molar-refractivity contribution in [2.75, 3.05) is 0 Å². The monoisotopic (exact) mass is 506 g/mol. The summed E-state index contributed by atoms with van der Waals surface area (Å²) in [5.41, 5.74) is 7.57. The Hall–Kier alpha value is -5.20. The van der Waals surface area contributed by atoms with Gasteiger partial charge in [-0.25, -0.2) is 0 Å². The van der Waals surface area contributed by atoms with Crippen molar-refractivity contribution in [1.82, 2.24) is 0 Å². The van der Waals surface area contributed by atoms with Gasteiger partial charge in [-0.05, 0) is 88.6 Å². The van der Waals surface area contributed by atoms with Crippen LogP contribution in [0.25, 0.3) is 76.5 Å². The van der Waals surface area contributed by atoms with Gasteiger partial charge in [0.2, 0.25) is 0 Å². The second kappa shape index (κ2) is 9.22. The highest BCUT2D eigenvalue weighted by molar-refractivity contribution is 6.21. The van der Waals surface area contributed by atoms with Crippen molar-refractivity contribution in [3.05, 3.63) is 158 Å². The van der Waals surface area contributed by atoms with Crippen LogP contribution in [0.1, 0.15) is 0 Å². The lowest BCUT2D eigenvalue weighted by Crippen LogP contribution is -1.91. The summed E-state index contributed by atoms with van der Waals surface area (Å²) in [6.45, 7) is 0. The van der Waals surface area contributed by atoms with E-state index in [1.165, 1.54) is 76.5 Å².